The number of guanidine groups is 1. The van der Waals surface area contributed by atoms with Crippen molar-refractivity contribution in [2.75, 3.05) is 65.0 Å². The first kappa shape index (κ1) is 20.7. The van der Waals surface area contributed by atoms with E-state index in [1.54, 1.807) is 13.3 Å². The van der Waals surface area contributed by atoms with E-state index < -0.39 is 0 Å². The van der Waals surface area contributed by atoms with Crippen LogP contribution in [-0.4, -0.2) is 80.9 Å². The van der Waals surface area contributed by atoms with Gasteiger partial charge in [0.05, 0.1) is 24.4 Å². The number of rotatable bonds is 7. The van der Waals surface area contributed by atoms with E-state index in [0.29, 0.717) is 24.4 Å². The molecule has 8 nitrogen and oxygen atoms in total. The maximum atomic E-state index is 5.61. The van der Waals surface area contributed by atoms with Crippen molar-refractivity contribution in [2.45, 2.75) is 13.8 Å². The normalized spacial score (nSPS) is 15.5. The maximum absolute atomic E-state index is 5.61. The predicted molar refractivity (Wildman–Crippen MR) is 107 cm³/mol. The second kappa shape index (κ2) is 10.5. The van der Waals surface area contributed by atoms with Gasteiger partial charge in [-0.15, -0.1) is 0 Å². The molecule has 2 rings (SSSR count). The standard InChI is InChI=1S/C17H29BrN6O2/c1-13(2)12-26-10-5-20-16(19-3)23-6-8-24(9-7-23)17-21-11-14(18)15(22-17)25-4/h11,13H,5-10,12H2,1-4H3,(H,19,20). The molecule has 1 aromatic rings. The van der Waals surface area contributed by atoms with Crippen LogP contribution in [-0.2, 0) is 4.74 Å². The van der Waals surface area contributed by atoms with Gasteiger partial charge < -0.3 is 24.6 Å². The fraction of sp³-hybridized carbons (Fsp3) is 0.706. The molecule has 1 saturated heterocycles. The lowest BCUT2D eigenvalue weighted by molar-refractivity contribution is 0.114. The Morgan fingerprint density at radius 1 is 1.35 bits per heavy atom. The van der Waals surface area contributed by atoms with Gasteiger partial charge in [-0.1, -0.05) is 13.8 Å². The van der Waals surface area contributed by atoms with Crippen molar-refractivity contribution in [3.05, 3.63) is 10.7 Å². The minimum absolute atomic E-state index is 0.552. The Bertz CT molecular complexity index is 591. The Morgan fingerprint density at radius 2 is 2.08 bits per heavy atom. The van der Waals surface area contributed by atoms with Crippen LogP contribution in [0.4, 0.5) is 5.95 Å². The molecule has 0 saturated carbocycles. The highest BCUT2D eigenvalue weighted by Crippen LogP contribution is 2.23. The average Bonchev–Trinajstić information content (AvgIpc) is 2.65. The summed E-state index contributed by atoms with van der Waals surface area (Å²) in [7, 11) is 3.42. The molecule has 0 amide bonds. The number of ether oxygens (including phenoxy) is 2. The zero-order valence-electron chi connectivity index (χ0n) is 16.0. The molecule has 1 aliphatic heterocycles. The van der Waals surface area contributed by atoms with Crippen molar-refractivity contribution in [3.8, 4) is 5.88 Å². The number of methoxy groups -OCH3 is 1. The molecule has 9 heteroatoms. The summed E-state index contributed by atoms with van der Waals surface area (Å²) in [6.07, 6.45) is 1.73. The highest BCUT2D eigenvalue weighted by molar-refractivity contribution is 9.10. The van der Waals surface area contributed by atoms with Crippen molar-refractivity contribution >= 4 is 27.8 Å². The fourth-order valence-corrected chi connectivity index (χ4v) is 3.00. The van der Waals surface area contributed by atoms with Crippen molar-refractivity contribution in [2.24, 2.45) is 10.9 Å². The molecular formula is C17H29BrN6O2. The summed E-state index contributed by atoms with van der Waals surface area (Å²) in [5, 5.41) is 3.37. The van der Waals surface area contributed by atoms with Crippen molar-refractivity contribution in [1.29, 1.82) is 0 Å². The summed E-state index contributed by atoms with van der Waals surface area (Å²) in [6.45, 7) is 9.90. The van der Waals surface area contributed by atoms with E-state index in [0.717, 1.165) is 49.8 Å². The van der Waals surface area contributed by atoms with Gasteiger partial charge in [0, 0.05) is 46.4 Å². The molecule has 26 heavy (non-hydrogen) atoms. The first-order valence-corrected chi connectivity index (χ1v) is 9.69. The Labute approximate surface area is 164 Å². The molecule has 0 bridgehead atoms. The van der Waals surface area contributed by atoms with E-state index >= 15 is 0 Å². The highest BCUT2D eigenvalue weighted by atomic mass is 79.9. The van der Waals surface area contributed by atoms with Gasteiger partial charge in [0.1, 0.15) is 0 Å². The summed E-state index contributed by atoms with van der Waals surface area (Å²) in [4.78, 5) is 17.6. The number of hydrogen-bond acceptors (Lipinski definition) is 6. The van der Waals surface area contributed by atoms with Crippen LogP contribution in [0.2, 0.25) is 0 Å². The van der Waals surface area contributed by atoms with Crippen LogP contribution in [0.25, 0.3) is 0 Å². The van der Waals surface area contributed by atoms with E-state index in [1.807, 2.05) is 7.05 Å². The molecule has 2 heterocycles. The molecule has 1 aromatic heterocycles. The number of hydrogen-bond donors (Lipinski definition) is 1. The largest absolute Gasteiger partial charge is 0.480 e. The van der Waals surface area contributed by atoms with Gasteiger partial charge in [-0.25, -0.2) is 4.98 Å². The second-order valence-electron chi connectivity index (χ2n) is 6.44. The first-order chi connectivity index (χ1) is 12.5. The molecule has 1 fully saturated rings. The lowest BCUT2D eigenvalue weighted by Crippen LogP contribution is -2.53. The van der Waals surface area contributed by atoms with Crippen LogP contribution in [0, 0.1) is 5.92 Å². The lowest BCUT2D eigenvalue weighted by atomic mass is 10.2. The number of aliphatic imine (C=N–C) groups is 1. The summed E-state index contributed by atoms with van der Waals surface area (Å²) in [5.41, 5.74) is 0. The Kier molecular flexibility index (Phi) is 8.37. The molecule has 0 unspecified atom stereocenters. The van der Waals surface area contributed by atoms with Crippen LogP contribution < -0.4 is 15.0 Å². The molecule has 0 atom stereocenters. The third-order valence-corrected chi connectivity index (χ3v) is 4.49. The summed E-state index contributed by atoms with van der Waals surface area (Å²) >= 11 is 3.38. The Morgan fingerprint density at radius 3 is 2.69 bits per heavy atom. The minimum Gasteiger partial charge on any atom is -0.480 e. The van der Waals surface area contributed by atoms with Crippen LogP contribution in [0.1, 0.15) is 13.8 Å². The van der Waals surface area contributed by atoms with Gasteiger partial charge in [0.2, 0.25) is 11.8 Å². The summed E-state index contributed by atoms with van der Waals surface area (Å²) in [5.74, 6) is 2.71. The van der Waals surface area contributed by atoms with E-state index in [9.17, 15) is 0 Å². The van der Waals surface area contributed by atoms with E-state index in [1.165, 1.54) is 0 Å². The highest BCUT2D eigenvalue weighted by Gasteiger charge is 2.22. The fourth-order valence-electron chi connectivity index (χ4n) is 2.64. The zero-order chi connectivity index (χ0) is 18.9. The number of aromatic nitrogens is 2. The molecule has 0 radical (unpaired) electrons. The Hall–Kier alpha value is -1.61. The third-order valence-electron chi connectivity index (χ3n) is 3.95. The molecule has 1 aliphatic rings. The van der Waals surface area contributed by atoms with Crippen LogP contribution in [0.5, 0.6) is 5.88 Å². The lowest BCUT2D eigenvalue weighted by Gasteiger charge is -2.36. The zero-order valence-corrected chi connectivity index (χ0v) is 17.6. The first-order valence-electron chi connectivity index (χ1n) is 8.90. The summed E-state index contributed by atoms with van der Waals surface area (Å²) in [6, 6.07) is 0. The van der Waals surface area contributed by atoms with Crippen molar-refractivity contribution in [3.63, 3.8) is 0 Å². The van der Waals surface area contributed by atoms with Crippen LogP contribution in [0.15, 0.2) is 15.7 Å². The Balaban J connectivity index is 1.81. The smallest absolute Gasteiger partial charge is 0.232 e. The number of nitrogens with zero attached hydrogens (tertiary/aromatic N) is 5. The molecule has 1 N–H and O–H groups in total. The van der Waals surface area contributed by atoms with Gasteiger partial charge in [0.15, 0.2) is 5.96 Å². The SMILES string of the molecule is CN=C(NCCOCC(C)C)N1CCN(c2ncc(Br)c(OC)n2)CC1. The van der Waals surface area contributed by atoms with Crippen molar-refractivity contribution < 1.29 is 9.47 Å². The molecule has 0 spiro atoms. The third kappa shape index (κ3) is 5.98. The summed E-state index contributed by atoms with van der Waals surface area (Å²) < 4.78 is 11.6. The maximum Gasteiger partial charge on any atom is 0.232 e. The molecule has 0 aromatic carbocycles. The molecular weight excluding hydrogens is 400 g/mol. The monoisotopic (exact) mass is 428 g/mol. The minimum atomic E-state index is 0.552. The van der Waals surface area contributed by atoms with E-state index in [2.05, 4.69) is 59.9 Å². The number of anilines is 1. The number of halogens is 1. The predicted octanol–water partition coefficient (Wildman–Crippen LogP) is 1.62. The van der Waals surface area contributed by atoms with Crippen molar-refractivity contribution in [1.82, 2.24) is 20.2 Å². The molecule has 146 valence electrons. The van der Waals surface area contributed by atoms with Gasteiger partial charge in [-0.2, -0.15) is 4.98 Å². The van der Waals surface area contributed by atoms with Crippen LogP contribution >= 0.6 is 15.9 Å². The molecule has 0 aliphatic carbocycles. The van der Waals surface area contributed by atoms with Gasteiger partial charge >= 0.3 is 0 Å². The quantitative estimate of drug-likeness (QED) is 0.401. The average molecular weight is 429 g/mol. The van der Waals surface area contributed by atoms with Gasteiger partial charge in [-0.3, -0.25) is 4.99 Å². The second-order valence-corrected chi connectivity index (χ2v) is 7.30. The van der Waals surface area contributed by atoms with Gasteiger partial charge in [-0.05, 0) is 21.8 Å². The van der Waals surface area contributed by atoms with E-state index in [4.69, 9.17) is 9.47 Å². The van der Waals surface area contributed by atoms with Gasteiger partial charge in [0.25, 0.3) is 0 Å². The van der Waals surface area contributed by atoms with E-state index in [-0.39, 0.29) is 0 Å². The van der Waals surface area contributed by atoms with Crippen LogP contribution in [0.3, 0.4) is 0 Å². The number of piperazine rings is 1. The number of nitrogens with one attached hydrogen (secondary N) is 1. The topological polar surface area (TPSA) is 75.1 Å².